The van der Waals surface area contributed by atoms with E-state index in [9.17, 15) is 18.3 Å². The topological polar surface area (TPSA) is 86.7 Å². The first-order chi connectivity index (χ1) is 14.2. The first-order valence-electron chi connectivity index (χ1n) is 9.97. The molecule has 0 radical (unpaired) electrons. The molecule has 8 heteroatoms. The number of aliphatic hydroxyl groups is 1. The van der Waals surface area contributed by atoms with Crippen molar-refractivity contribution in [1.82, 2.24) is 9.62 Å². The van der Waals surface area contributed by atoms with Crippen molar-refractivity contribution in [3.8, 4) is 0 Å². The van der Waals surface area contributed by atoms with E-state index in [0.717, 1.165) is 5.56 Å². The smallest absolute Gasteiger partial charge is 0.244 e. The Morgan fingerprint density at radius 2 is 1.93 bits per heavy atom. The first-order valence-corrected chi connectivity index (χ1v) is 11.8. The molecule has 2 atom stereocenters. The minimum Gasteiger partial charge on any atom is -0.394 e. The lowest BCUT2D eigenvalue weighted by molar-refractivity contribution is -0.126. The van der Waals surface area contributed by atoms with Gasteiger partial charge in [0, 0.05) is 11.6 Å². The van der Waals surface area contributed by atoms with Crippen molar-refractivity contribution in [3.63, 3.8) is 0 Å². The Morgan fingerprint density at radius 1 is 1.23 bits per heavy atom. The summed E-state index contributed by atoms with van der Waals surface area (Å²) in [4.78, 5) is 13.4. The molecule has 0 saturated carbocycles. The van der Waals surface area contributed by atoms with Crippen LogP contribution in [0.3, 0.4) is 0 Å². The van der Waals surface area contributed by atoms with Gasteiger partial charge in [-0.3, -0.25) is 4.79 Å². The Balaban J connectivity index is 1.88. The minimum atomic E-state index is -3.84. The highest BCUT2D eigenvalue weighted by Gasteiger charge is 2.42. The molecule has 3 rings (SSSR count). The predicted molar refractivity (Wildman–Crippen MR) is 117 cm³/mol. The number of carbonyl (C=O) groups excluding carboxylic acids is 1. The second-order valence-corrected chi connectivity index (χ2v) is 10.3. The summed E-state index contributed by atoms with van der Waals surface area (Å²) in [7, 11) is -3.84. The predicted octanol–water partition coefficient (Wildman–Crippen LogP) is 2.63. The Kier molecular flexibility index (Phi) is 7.18. The van der Waals surface area contributed by atoms with Crippen molar-refractivity contribution < 1.29 is 18.3 Å². The molecule has 0 saturated heterocycles. The molecule has 30 heavy (non-hydrogen) atoms. The van der Waals surface area contributed by atoms with E-state index in [4.69, 9.17) is 11.6 Å². The van der Waals surface area contributed by atoms with Crippen molar-refractivity contribution >= 4 is 27.5 Å². The monoisotopic (exact) mass is 450 g/mol. The molecule has 2 N–H and O–H groups in total. The third-order valence-electron chi connectivity index (χ3n) is 5.11. The van der Waals surface area contributed by atoms with Crippen LogP contribution in [0.15, 0.2) is 53.4 Å². The quantitative estimate of drug-likeness (QED) is 0.678. The van der Waals surface area contributed by atoms with Gasteiger partial charge in [-0.25, -0.2) is 8.42 Å². The maximum absolute atomic E-state index is 13.3. The molecule has 0 fully saturated rings. The minimum absolute atomic E-state index is 0.0434. The van der Waals surface area contributed by atoms with Crippen LogP contribution in [0.4, 0.5) is 0 Å². The van der Waals surface area contributed by atoms with Crippen molar-refractivity contribution in [2.75, 3.05) is 13.2 Å². The Bertz CT molecular complexity index is 995. The number of halogens is 1. The van der Waals surface area contributed by atoms with E-state index in [1.807, 2.05) is 44.2 Å². The number of aliphatic hydroxyl groups excluding tert-OH is 1. The molecule has 0 unspecified atom stereocenters. The lowest BCUT2D eigenvalue weighted by Crippen LogP contribution is -2.56. The van der Waals surface area contributed by atoms with E-state index >= 15 is 0 Å². The van der Waals surface area contributed by atoms with Gasteiger partial charge in [-0.05, 0) is 48.1 Å². The molecule has 6 nitrogen and oxygen atoms in total. The number of sulfonamides is 1. The second kappa shape index (κ2) is 9.47. The van der Waals surface area contributed by atoms with Gasteiger partial charge >= 0.3 is 0 Å². The fourth-order valence-electron chi connectivity index (χ4n) is 3.73. The van der Waals surface area contributed by atoms with Gasteiger partial charge in [-0.2, -0.15) is 4.31 Å². The average molecular weight is 451 g/mol. The lowest BCUT2D eigenvalue weighted by atomic mass is 10.0. The number of fused-ring (bicyclic) bond motifs is 1. The summed E-state index contributed by atoms with van der Waals surface area (Å²) < 4.78 is 27.8. The van der Waals surface area contributed by atoms with E-state index in [0.29, 0.717) is 17.0 Å². The van der Waals surface area contributed by atoms with Crippen LogP contribution < -0.4 is 5.32 Å². The van der Waals surface area contributed by atoms with Gasteiger partial charge in [0.05, 0.1) is 17.5 Å². The van der Waals surface area contributed by atoms with E-state index in [2.05, 4.69) is 5.32 Å². The van der Waals surface area contributed by atoms with E-state index in [1.165, 1.54) is 10.4 Å². The summed E-state index contributed by atoms with van der Waals surface area (Å²) in [5, 5.41) is 13.1. The maximum atomic E-state index is 13.3. The zero-order chi connectivity index (χ0) is 21.9. The number of carbonyl (C=O) groups is 1. The molecule has 1 aliphatic heterocycles. The Hall–Kier alpha value is -1.93. The highest BCUT2D eigenvalue weighted by molar-refractivity contribution is 7.89. The van der Waals surface area contributed by atoms with Gasteiger partial charge in [0.2, 0.25) is 15.9 Å². The van der Waals surface area contributed by atoms with E-state index < -0.39 is 28.0 Å². The summed E-state index contributed by atoms with van der Waals surface area (Å²) >= 11 is 6.07. The van der Waals surface area contributed by atoms with Gasteiger partial charge in [0.1, 0.15) is 6.04 Å². The van der Waals surface area contributed by atoms with Crippen molar-refractivity contribution in [1.29, 1.82) is 0 Å². The van der Waals surface area contributed by atoms with Gasteiger partial charge in [-0.1, -0.05) is 55.8 Å². The highest BCUT2D eigenvalue weighted by atomic mass is 35.5. The number of rotatable bonds is 7. The second-order valence-electron chi connectivity index (χ2n) is 8.02. The summed E-state index contributed by atoms with van der Waals surface area (Å²) in [5.74, 6) is -0.373. The molecule has 162 valence electrons. The fourth-order valence-corrected chi connectivity index (χ4v) is 5.89. The largest absolute Gasteiger partial charge is 0.394 e. The number of hydrogen-bond acceptors (Lipinski definition) is 4. The van der Waals surface area contributed by atoms with Crippen LogP contribution in [0.25, 0.3) is 0 Å². The molecular weight excluding hydrogens is 424 g/mol. The maximum Gasteiger partial charge on any atom is 0.244 e. The molecule has 0 aromatic heterocycles. The summed E-state index contributed by atoms with van der Waals surface area (Å²) in [6, 6.07) is 12.8. The van der Waals surface area contributed by atoms with Crippen LogP contribution in [0.5, 0.6) is 0 Å². The molecule has 1 amide bonds. The fraction of sp³-hybridized carbons (Fsp3) is 0.409. The number of nitrogens with zero attached hydrogens (tertiary/aromatic N) is 1. The normalized spacial score (nSPS) is 19.3. The zero-order valence-electron chi connectivity index (χ0n) is 17.1. The van der Waals surface area contributed by atoms with Crippen LogP contribution in [0, 0.1) is 5.92 Å². The third kappa shape index (κ3) is 5.03. The van der Waals surface area contributed by atoms with Crippen LogP contribution >= 0.6 is 11.6 Å². The van der Waals surface area contributed by atoms with E-state index in [-0.39, 0.29) is 30.4 Å². The Labute approximate surface area is 182 Å². The van der Waals surface area contributed by atoms with Crippen LogP contribution in [0.1, 0.15) is 25.0 Å². The van der Waals surface area contributed by atoms with Gasteiger partial charge in [0.15, 0.2) is 0 Å². The number of amides is 1. The van der Waals surface area contributed by atoms with Crippen molar-refractivity contribution in [2.45, 2.75) is 43.7 Å². The van der Waals surface area contributed by atoms with Crippen molar-refractivity contribution in [2.24, 2.45) is 5.92 Å². The molecule has 2 aromatic carbocycles. The first kappa shape index (κ1) is 22.7. The highest BCUT2D eigenvalue weighted by Crippen LogP contribution is 2.32. The van der Waals surface area contributed by atoms with E-state index in [1.54, 1.807) is 12.1 Å². The number of hydrogen-bond donors (Lipinski definition) is 2. The van der Waals surface area contributed by atoms with Crippen LogP contribution in [0.2, 0.25) is 5.02 Å². The molecule has 2 aromatic rings. The van der Waals surface area contributed by atoms with Gasteiger partial charge in [0.25, 0.3) is 0 Å². The Morgan fingerprint density at radius 3 is 2.57 bits per heavy atom. The van der Waals surface area contributed by atoms with Crippen LogP contribution in [-0.2, 0) is 27.7 Å². The number of nitrogens with one attached hydrogen (secondary N) is 1. The molecule has 0 aliphatic carbocycles. The van der Waals surface area contributed by atoms with Gasteiger partial charge < -0.3 is 10.4 Å². The standard InChI is InChI=1S/C22H27ClN2O4S/c1-15(2)13-25-20(12-17-11-18(23)8-9-21(17)30(25,28)29)22(27)24-19(14-26)10-16-6-4-3-5-7-16/h3-9,11,15,19-20,26H,10,12-14H2,1-2H3,(H,24,27)/t19-,20-/m0/s1. The summed E-state index contributed by atoms with van der Waals surface area (Å²) in [6.07, 6.45) is 0.687. The summed E-state index contributed by atoms with van der Waals surface area (Å²) in [6.45, 7) is 3.80. The zero-order valence-corrected chi connectivity index (χ0v) is 18.7. The average Bonchev–Trinajstić information content (AvgIpc) is 2.69. The third-order valence-corrected chi connectivity index (χ3v) is 7.32. The van der Waals surface area contributed by atoms with Crippen molar-refractivity contribution in [3.05, 3.63) is 64.7 Å². The molecule has 0 spiro atoms. The molecule has 0 bridgehead atoms. The molecule has 1 heterocycles. The molecular formula is C22H27ClN2O4S. The van der Waals surface area contributed by atoms with Gasteiger partial charge in [-0.15, -0.1) is 0 Å². The SMILES string of the molecule is CC(C)CN1[C@H](C(=O)N[C@H](CO)Cc2ccccc2)Cc2cc(Cl)ccc2S1(=O)=O. The number of benzene rings is 2. The lowest BCUT2D eigenvalue weighted by Gasteiger charge is -2.36. The summed E-state index contributed by atoms with van der Waals surface area (Å²) in [5.41, 5.74) is 1.51. The van der Waals surface area contributed by atoms with Crippen LogP contribution in [-0.4, -0.2) is 49.0 Å². The molecule has 1 aliphatic rings.